The van der Waals surface area contributed by atoms with E-state index in [2.05, 4.69) is 32.5 Å². The quantitative estimate of drug-likeness (QED) is 0.681. The van der Waals surface area contributed by atoms with E-state index in [1.807, 2.05) is 6.07 Å². The molecule has 7 heteroatoms. The number of ether oxygens (including phenoxy) is 1. The highest BCUT2D eigenvalue weighted by Crippen LogP contribution is 2.25. The molecule has 1 fully saturated rings. The monoisotopic (exact) mass is 405 g/mol. The average molecular weight is 406 g/mol. The van der Waals surface area contributed by atoms with Gasteiger partial charge in [-0.15, -0.1) is 0 Å². The number of hydrogen-bond acceptors (Lipinski definition) is 4. The van der Waals surface area contributed by atoms with Gasteiger partial charge in [0.2, 0.25) is 5.95 Å². The average Bonchev–Trinajstić information content (AvgIpc) is 2.47. The number of morpholine rings is 1. The molecule has 1 aromatic heterocycles. The van der Waals surface area contributed by atoms with E-state index >= 15 is 0 Å². The van der Waals surface area contributed by atoms with Crippen molar-refractivity contribution in [3.05, 3.63) is 31.1 Å². The second kappa shape index (κ2) is 5.50. The molecule has 3 rings (SSSR count). The Morgan fingerprint density at radius 3 is 2.75 bits per heavy atom. The van der Waals surface area contributed by atoms with Crippen LogP contribution in [-0.2, 0) is 11.8 Å². The first kappa shape index (κ1) is 14.1. The molecule has 0 bridgehead atoms. The van der Waals surface area contributed by atoms with Crippen LogP contribution in [0.25, 0.3) is 10.9 Å². The van der Waals surface area contributed by atoms with Crippen LogP contribution in [0.5, 0.6) is 0 Å². The van der Waals surface area contributed by atoms with Crippen molar-refractivity contribution in [3.63, 3.8) is 0 Å². The van der Waals surface area contributed by atoms with Crippen molar-refractivity contribution in [2.24, 2.45) is 7.05 Å². The van der Waals surface area contributed by atoms with Crippen LogP contribution in [0.3, 0.4) is 0 Å². The van der Waals surface area contributed by atoms with Crippen LogP contribution in [0.4, 0.5) is 5.95 Å². The fourth-order valence-electron chi connectivity index (χ4n) is 2.33. The SMILES string of the molecule is Cn1c(N2CCOCC2)nc2c(I)ccc(Cl)c2c1=O. The molecule has 2 aromatic rings. The smallest absolute Gasteiger partial charge is 0.264 e. The minimum absolute atomic E-state index is 0.111. The van der Waals surface area contributed by atoms with Crippen molar-refractivity contribution in [1.29, 1.82) is 0 Å². The standard InChI is InChI=1S/C13H13ClIN3O2/c1-17-12(19)10-8(14)2-3-9(15)11(10)16-13(17)18-4-6-20-7-5-18/h2-3H,4-7H2,1H3. The lowest BCUT2D eigenvalue weighted by atomic mass is 10.2. The molecule has 1 aliphatic rings. The number of halogens is 2. The fourth-order valence-corrected chi connectivity index (χ4v) is 3.14. The third-order valence-electron chi connectivity index (χ3n) is 3.40. The maximum Gasteiger partial charge on any atom is 0.264 e. The van der Waals surface area contributed by atoms with Gasteiger partial charge >= 0.3 is 0 Å². The lowest BCUT2D eigenvalue weighted by Gasteiger charge is -2.29. The molecule has 0 unspecified atom stereocenters. The van der Waals surface area contributed by atoms with Crippen LogP contribution in [0, 0.1) is 3.57 Å². The molecule has 0 aliphatic carbocycles. The van der Waals surface area contributed by atoms with Crippen LogP contribution in [0.2, 0.25) is 5.02 Å². The second-order valence-electron chi connectivity index (χ2n) is 4.63. The first-order chi connectivity index (χ1) is 9.59. The predicted molar refractivity (Wildman–Crippen MR) is 87.7 cm³/mol. The van der Waals surface area contributed by atoms with Gasteiger partial charge in [0.05, 0.1) is 29.1 Å². The van der Waals surface area contributed by atoms with E-state index in [0.29, 0.717) is 35.1 Å². The van der Waals surface area contributed by atoms with Gasteiger partial charge in [0.15, 0.2) is 0 Å². The lowest BCUT2D eigenvalue weighted by molar-refractivity contribution is 0.121. The van der Waals surface area contributed by atoms with Crippen molar-refractivity contribution >= 4 is 51.0 Å². The normalized spacial score (nSPS) is 15.8. The highest BCUT2D eigenvalue weighted by molar-refractivity contribution is 14.1. The highest BCUT2D eigenvalue weighted by Gasteiger charge is 2.19. The summed E-state index contributed by atoms with van der Waals surface area (Å²) in [5.41, 5.74) is 0.558. The summed E-state index contributed by atoms with van der Waals surface area (Å²) in [6.45, 7) is 2.78. The van der Waals surface area contributed by atoms with Crippen LogP contribution in [0.1, 0.15) is 0 Å². The van der Waals surface area contributed by atoms with E-state index in [1.165, 1.54) is 0 Å². The van der Waals surface area contributed by atoms with Crippen molar-refractivity contribution in [1.82, 2.24) is 9.55 Å². The highest BCUT2D eigenvalue weighted by atomic mass is 127. The maximum absolute atomic E-state index is 12.5. The van der Waals surface area contributed by atoms with Crippen LogP contribution < -0.4 is 10.5 Å². The molecule has 0 spiro atoms. The summed E-state index contributed by atoms with van der Waals surface area (Å²) in [5.74, 6) is 0.672. The Hall–Kier alpha value is -0.860. The molecule has 5 nitrogen and oxygen atoms in total. The molecule has 0 radical (unpaired) electrons. The molecular weight excluding hydrogens is 393 g/mol. The summed E-state index contributed by atoms with van der Waals surface area (Å²) in [6.07, 6.45) is 0. The number of hydrogen-bond donors (Lipinski definition) is 0. The zero-order chi connectivity index (χ0) is 14.3. The zero-order valence-electron chi connectivity index (χ0n) is 10.9. The number of rotatable bonds is 1. The maximum atomic E-state index is 12.5. The molecule has 106 valence electrons. The van der Waals surface area contributed by atoms with Crippen molar-refractivity contribution in [2.75, 3.05) is 31.2 Å². The Balaban J connectivity index is 2.27. The zero-order valence-corrected chi connectivity index (χ0v) is 13.8. The van der Waals surface area contributed by atoms with Gasteiger partial charge in [0.1, 0.15) is 0 Å². The summed E-state index contributed by atoms with van der Waals surface area (Å²) in [7, 11) is 1.73. The fraction of sp³-hybridized carbons (Fsp3) is 0.385. The van der Waals surface area contributed by atoms with E-state index in [-0.39, 0.29) is 5.56 Å². The number of anilines is 1. The van der Waals surface area contributed by atoms with Gasteiger partial charge in [-0.25, -0.2) is 4.98 Å². The molecular formula is C13H13ClIN3O2. The number of nitrogens with zero attached hydrogens (tertiary/aromatic N) is 3. The number of fused-ring (bicyclic) bond motifs is 1. The first-order valence-corrected chi connectivity index (χ1v) is 7.72. The third-order valence-corrected chi connectivity index (χ3v) is 4.59. The van der Waals surface area contributed by atoms with Gasteiger partial charge in [-0.3, -0.25) is 9.36 Å². The Bertz CT molecular complexity index is 726. The van der Waals surface area contributed by atoms with E-state index in [4.69, 9.17) is 16.3 Å². The van der Waals surface area contributed by atoms with E-state index in [9.17, 15) is 4.79 Å². The van der Waals surface area contributed by atoms with Gasteiger partial charge in [0, 0.05) is 23.7 Å². The molecule has 20 heavy (non-hydrogen) atoms. The van der Waals surface area contributed by atoms with Crippen LogP contribution >= 0.6 is 34.2 Å². The van der Waals surface area contributed by atoms with Crippen molar-refractivity contribution < 1.29 is 4.74 Å². The molecule has 1 aromatic carbocycles. The topological polar surface area (TPSA) is 47.4 Å². The molecule has 1 aliphatic heterocycles. The summed E-state index contributed by atoms with van der Waals surface area (Å²) in [4.78, 5) is 19.3. The van der Waals surface area contributed by atoms with E-state index in [0.717, 1.165) is 16.7 Å². The first-order valence-electron chi connectivity index (χ1n) is 6.27. The molecule has 0 amide bonds. The number of benzene rings is 1. The van der Waals surface area contributed by atoms with Crippen LogP contribution in [-0.4, -0.2) is 35.9 Å². The molecule has 1 saturated heterocycles. The molecule has 0 atom stereocenters. The van der Waals surface area contributed by atoms with Crippen LogP contribution in [0.15, 0.2) is 16.9 Å². The molecule has 0 N–H and O–H groups in total. The van der Waals surface area contributed by atoms with E-state index in [1.54, 1.807) is 17.7 Å². The molecule has 2 heterocycles. The minimum Gasteiger partial charge on any atom is -0.378 e. The summed E-state index contributed by atoms with van der Waals surface area (Å²) in [5, 5.41) is 0.931. The third kappa shape index (κ3) is 2.29. The minimum atomic E-state index is -0.111. The lowest BCUT2D eigenvalue weighted by Crippen LogP contribution is -2.40. The Kier molecular flexibility index (Phi) is 3.87. The van der Waals surface area contributed by atoms with E-state index < -0.39 is 0 Å². The van der Waals surface area contributed by atoms with Crippen molar-refractivity contribution in [2.45, 2.75) is 0 Å². The van der Waals surface area contributed by atoms with Gasteiger partial charge in [-0.2, -0.15) is 0 Å². The van der Waals surface area contributed by atoms with Gasteiger partial charge < -0.3 is 9.64 Å². The summed E-state index contributed by atoms with van der Waals surface area (Å²) >= 11 is 8.33. The molecule has 0 saturated carbocycles. The van der Waals surface area contributed by atoms with Gasteiger partial charge in [-0.05, 0) is 34.7 Å². The van der Waals surface area contributed by atoms with Crippen molar-refractivity contribution in [3.8, 4) is 0 Å². The Morgan fingerprint density at radius 2 is 2.05 bits per heavy atom. The largest absolute Gasteiger partial charge is 0.378 e. The predicted octanol–water partition coefficient (Wildman–Crippen LogP) is 2.03. The Labute approximate surface area is 134 Å². The summed E-state index contributed by atoms with van der Waals surface area (Å²) in [6, 6.07) is 3.61. The second-order valence-corrected chi connectivity index (χ2v) is 6.20. The Morgan fingerprint density at radius 1 is 1.35 bits per heavy atom. The number of aromatic nitrogens is 2. The van der Waals surface area contributed by atoms with Gasteiger partial charge in [-0.1, -0.05) is 11.6 Å². The summed E-state index contributed by atoms with van der Waals surface area (Å²) < 4.78 is 7.83. The van der Waals surface area contributed by atoms with Gasteiger partial charge in [0.25, 0.3) is 5.56 Å².